The molecule has 1 N–H and O–H groups in total. The number of hydrogen-bond donors (Lipinski definition) is 1. The molecule has 90 valence electrons. The van der Waals surface area contributed by atoms with E-state index in [1.807, 2.05) is 22.7 Å². The lowest BCUT2D eigenvalue weighted by Gasteiger charge is -2.16. The molecular weight excluding hydrogens is 314 g/mol. The molecule has 0 radical (unpaired) electrons. The molecule has 2 heterocycles. The maximum Gasteiger partial charge on any atom is 0.0446 e. The average molecular weight is 328 g/mol. The Balaban J connectivity index is 1.65. The van der Waals surface area contributed by atoms with Crippen molar-refractivity contribution in [2.45, 2.75) is 25.4 Å². The SMILES string of the molecule is Brc1csc(CNC(c2cccs2)C2CC2)c1. The minimum atomic E-state index is 0.566. The molecule has 1 aliphatic rings. The molecule has 0 aliphatic heterocycles. The van der Waals surface area contributed by atoms with Crippen LogP contribution in [0, 0.1) is 5.92 Å². The normalized spacial score (nSPS) is 17.2. The summed E-state index contributed by atoms with van der Waals surface area (Å²) < 4.78 is 1.19. The second-order valence-corrected chi connectivity index (χ2v) is 7.33. The Morgan fingerprint density at radius 1 is 1.41 bits per heavy atom. The summed E-state index contributed by atoms with van der Waals surface area (Å²) in [6, 6.07) is 7.18. The molecule has 0 spiro atoms. The number of rotatable bonds is 5. The van der Waals surface area contributed by atoms with Crippen LogP contribution in [-0.4, -0.2) is 0 Å². The highest BCUT2D eigenvalue weighted by atomic mass is 79.9. The van der Waals surface area contributed by atoms with E-state index in [-0.39, 0.29) is 0 Å². The Morgan fingerprint density at radius 3 is 2.88 bits per heavy atom. The molecule has 2 aromatic heterocycles. The zero-order valence-corrected chi connectivity index (χ0v) is 12.6. The van der Waals surface area contributed by atoms with Crippen molar-refractivity contribution in [2.24, 2.45) is 5.92 Å². The molecule has 17 heavy (non-hydrogen) atoms. The van der Waals surface area contributed by atoms with Crippen LogP contribution in [0.15, 0.2) is 33.4 Å². The maximum atomic E-state index is 3.71. The van der Waals surface area contributed by atoms with E-state index in [1.165, 1.54) is 27.1 Å². The van der Waals surface area contributed by atoms with Crippen LogP contribution in [0.3, 0.4) is 0 Å². The predicted octanol–water partition coefficient (Wildman–Crippen LogP) is 4.81. The topological polar surface area (TPSA) is 12.0 Å². The van der Waals surface area contributed by atoms with E-state index >= 15 is 0 Å². The Morgan fingerprint density at radius 2 is 2.29 bits per heavy atom. The lowest BCUT2D eigenvalue weighted by Crippen LogP contribution is -2.21. The number of halogens is 1. The van der Waals surface area contributed by atoms with Crippen molar-refractivity contribution >= 4 is 38.6 Å². The number of nitrogens with one attached hydrogen (secondary N) is 1. The fraction of sp³-hybridized carbons (Fsp3) is 0.385. The monoisotopic (exact) mass is 327 g/mol. The third-order valence-electron chi connectivity index (χ3n) is 3.06. The largest absolute Gasteiger partial charge is 0.304 e. The maximum absolute atomic E-state index is 3.71. The van der Waals surface area contributed by atoms with Crippen molar-refractivity contribution in [3.8, 4) is 0 Å². The van der Waals surface area contributed by atoms with Crippen LogP contribution in [0.4, 0.5) is 0 Å². The molecule has 1 aliphatic carbocycles. The predicted molar refractivity (Wildman–Crippen MR) is 78.6 cm³/mol. The molecule has 3 rings (SSSR count). The second-order valence-electron chi connectivity index (χ2n) is 4.44. The lowest BCUT2D eigenvalue weighted by atomic mass is 10.1. The van der Waals surface area contributed by atoms with E-state index in [0.717, 1.165) is 12.5 Å². The first-order chi connectivity index (χ1) is 8.33. The van der Waals surface area contributed by atoms with Gasteiger partial charge in [-0.2, -0.15) is 0 Å². The molecule has 0 amide bonds. The fourth-order valence-electron chi connectivity index (χ4n) is 2.05. The number of thiophene rings is 2. The van der Waals surface area contributed by atoms with Gasteiger partial charge in [-0.3, -0.25) is 0 Å². The van der Waals surface area contributed by atoms with Gasteiger partial charge < -0.3 is 5.32 Å². The van der Waals surface area contributed by atoms with Gasteiger partial charge in [0.1, 0.15) is 0 Å². The van der Waals surface area contributed by atoms with Crippen molar-refractivity contribution in [3.05, 3.63) is 43.2 Å². The highest BCUT2D eigenvalue weighted by Crippen LogP contribution is 2.42. The molecular formula is C13H14BrNS2. The van der Waals surface area contributed by atoms with Crippen molar-refractivity contribution in [1.82, 2.24) is 5.32 Å². The first-order valence-electron chi connectivity index (χ1n) is 5.82. The van der Waals surface area contributed by atoms with Crippen LogP contribution in [0.1, 0.15) is 28.6 Å². The lowest BCUT2D eigenvalue weighted by molar-refractivity contribution is 0.490. The van der Waals surface area contributed by atoms with Crippen LogP contribution in [0.2, 0.25) is 0 Å². The van der Waals surface area contributed by atoms with Gasteiger partial charge in [-0.25, -0.2) is 0 Å². The smallest absolute Gasteiger partial charge is 0.0446 e. The standard InChI is InChI=1S/C13H14BrNS2/c14-10-6-11(17-8-10)7-15-13(9-3-4-9)12-2-1-5-16-12/h1-2,5-6,8-9,13,15H,3-4,7H2. The van der Waals surface area contributed by atoms with Gasteiger partial charge in [0.15, 0.2) is 0 Å². The Kier molecular flexibility index (Phi) is 3.66. The van der Waals surface area contributed by atoms with E-state index in [1.54, 1.807) is 0 Å². The van der Waals surface area contributed by atoms with Crippen molar-refractivity contribution in [1.29, 1.82) is 0 Å². The third-order valence-corrected chi connectivity index (χ3v) is 5.71. The Hall–Kier alpha value is -0.160. The van der Waals surface area contributed by atoms with Crippen LogP contribution >= 0.6 is 38.6 Å². The fourth-order valence-corrected chi connectivity index (χ4v) is 4.35. The summed E-state index contributed by atoms with van der Waals surface area (Å²) in [6.45, 7) is 0.981. The van der Waals surface area contributed by atoms with Gasteiger partial charge in [0.05, 0.1) is 0 Å². The first kappa shape index (κ1) is 11.9. The molecule has 2 aromatic rings. The van der Waals surface area contributed by atoms with Gasteiger partial charge in [-0.1, -0.05) is 6.07 Å². The third kappa shape index (κ3) is 2.99. The summed E-state index contributed by atoms with van der Waals surface area (Å²) >= 11 is 7.19. The summed E-state index contributed by atoms with van der Waals surface area (Å²) in [5.74, 6) is 0.858. The Labute approximate surface area is 118 Å². The van der Waals surface area contributed by atoms with Gasteiger partial charge in [-0.15, -0.1) is 22.7 Å². The van der Waals surface area contributed by atoms with E-state index in [0.29, 0.717) is 6.04 Å². The molecule has 0 bridgehead atoms. The second kappa shape index (κ2) is 5.22. The van der Waals surface area contributed by atoms with E-state index in [9.17, 15) is 0 Å². The van der Waals surface area contributed by atoms with Gasteiger partial charge >= 0.3 is 0 Å². The molecule has 1 unspecified atom stereocenters. The van der Waals surface area contributed by atoms with Gasteiger partial charge in [-0.05, 0) is 52.2 Å². The molecule has 1 atom stereocenters. The summed E-state index contributed by atoms with van der Waals surface area (Å²) in [7, 11) is 0. The summed E-state index contributed by atoms with van der Waals surface area (Å²) in [4.78, 5) is 2.89. The molecule has 0 saturated heterocycles. The highest BCUT2D eigenvalue weighted by molar-refractivity contribution is 9.10. The summed E-state index contributed by atoms with van der Waals surface area (Å²) in [5.41, 5.74) is 0. The molecule has 4 heteroatoms. The van der Waals surface area contributed by atoms with Crippen LogP contribution < -0.4 is 5.32 Å². The number of hydrogen-bond acceptors (Lipinski definition) is 3. The van der Waals surface area contributed by atoms with Crippen LogP contribution in [-0.2, 0) is 6.54 Å². The summed E-state index contributed by atoms with van der Waals surface area (Å²) in [6.07, 6.45) is 2.76. The summed E-state index contributed by atoms with van der Waals surface area (Å²) in [5, 5.41) is 8.04. The van der Waals surface area contributed by atoms with Crippen molar-refractivity contribution in [3.63, 3.8) is 0 Å². The van der Waals surface area contributed by atoms with Gasteiger partial charge in [0, 0.05) is 32.2 Å². The first-order valence-corrected chi connectivity index (χ1v) is 8.38. The minimum absolute atomic E-state index is 0.566. The molecule has 0 aromatic carbocycles. The minimum Gasteiger partial charge on any atom is -0.304 e. The Bertz CT molecular complexity index is 473. The van der Waals surface area contributed by atoms with Crippen LogP contribution in [0.5, 0.6) is 0 Å². The molecule has 1 nitrogen and oxygen atoms in total. The van der Waals surface area contributed by atoms with E-state index < -0.39 is 0 Å². The van der Waals surface area contributed by atoms with Crippen LogP contribution in [0.25, 0.3) is 0 Å². The zero-order chi connectivity index (χ0) is 11.7. The van der Waals surface area contributed by atoms with Gasteiger partial charge in [0.25, 0.3) is 0 Å². The molecule has 1 saturated carbocycles. The average Bonchev–Trinajstić information content (AvgIpc) is 2.85. The van der Waals surface area contributed by atoms with Crippen molar-refractivity contribution in [2.75, 3.05) is 0 Å². The molecule has 1 fully saturated rings. The van der Waals surface area contributed by atoms with E-state index in [4.69, 9.17) is 0 Å². The van der Waals surface area contributed by atoms with Gasteiger partial charge in [0.2, 0.25) is 0 Å². The zero-order valence-electron chi connectivity index (χ0n) is 9.36. The van der Waals surface area contributed by atoms with Crippen molar-refractivity contribution < 1.29 is 0 Å². The quantitative estimate of drug-likeness (QED) is 0.830. The van der Waals surface area contributed by atoms with E-state index in [2.05, 4.69) is 50.2 Å². The highest BCUT2D eigenvalue weighted by Gasteiger charge is 2.32.